The number of hydrogen-bond acceptors (Lipinski definition) is 6. The maximum Gasteiger partial charge on any atom is 0.232 e. The van der Waals surface area contributed by atoms with Crippen LogP contribution in [0.25, 0.3) is 0 Å². The summed E-state index contributed by atoms with van der Waals surface area (Å²) in [5.41, 5.74) is 5.53. The van der Waals surface area contributed by atoms with Crippen molar-refractivity contribution in [2.75, 3.05) is 51.3 Å². The fourth-order valence-corrected chi connectivity index (χ4v) is 2.48. The lowest BCUT2D eigenvalue weighted by Crippen LogP contribution is -2.47. The number of ether oxygens (including phenoxy) is 1. The Morgan fingerprint density at radius 2 is 2.11 bits per heavy atom. The molecule has 1 aromatic rings. The molecular weight excluding hydrogens is 310 g/mol. The number of nitrogens with two attached hydrogens (primary N) is 1. The van der Waals surface area contributed by atoms with Gasteiger partial charge in [0.25, 0.3) is 0 Å². The zero-order chi connectivity index (χ0) is 13.7. The third-order valence-corrected chi connectivity index (χ3v) is 3.77. The van der Waals surface area contributed by atoms with Gasteiger partial charge in [0.05, 0.1) is 17.8 Å². The average molecular weight is 330 g/mol. The van der Waals surface area contributed by atoms with Gasteiger partial charge in [-0.1, -0.05) is 0 Å². The molecule has 1 aromatic heterocycles. The summed E-state index contributed by atoms with van der Waals surface area (Å²) in [6.07, 6.45) is 2.80. The zero-order valence-electron chi connectivity index (χ0n) is 11.2. The summed E-state index contributed by atoms with van der Waals surface area (Å²) >= 11 is 3.36. The van der Waals surface area contributed by atoms with Crippen molar-refractivity contribution in [2.24, 2.45) is 5.73 Å². The highest BCUT2D eigenvalue weighted by molar-refractivity contribution is 9.10. The molecule has 2 heterocycles. The zero-order valence-corrected chi connectivity index (χ0v) is 12.8. The first-order valence-corrected chi connectivity index (χ1v) is 7.28. The fourth-order valence-electron chi connectivity index (χ4n) is 2.12. The molecule has 1 aliphatic heterocycles. The highest BCUT2D eigenvalue weighted by Gasteiger charge is 2.19. The molecule has 0 atom stereocenters. The van der Waals surface area contributed by atoms with E-state index in [9.17, 15) is 0 Å². The number of anilines is 1. The van der Waals surface area contributed by atoms with Gasteiger partial charge in [-0.25, -0.2) is 4.98 Å². The average Bonchev–Trinajstić information content (AvgIpc) is 2.46. The maximum absolute atomic E-state index is 5.53. The topological polar surface area (TPSA) is 67.5 Å². The smallest absolute Gasteiger partial charge is 0.232 e. The van der Waals surface area contributed by atoms with Gasteiger partial charge in [-0.05, 0) is 35.4 Å². The van der Waals surface area contributed by atoms with Crippen LogP contribution < -0.4 is 15.4 Å². The van der Waals surface area contributed by atoms with Crippen LogP contribution in [0.15, 0.2) is 10.7 Å². The lowest BCUT2D eigenvalue weighted by Gasteiger charge is -2.34. The van der Waals surface area contributed by atoms with E-state index in [1.54, 1.807) is 13.3 Å². The Morgan fingerprint density at radius 3 is 2.74 bits per heavy atom. The molecule has 2 rings (SSSR count). The van der Waals surface area contributed by atoms with Gasteiger partial charge in [-0.3, -0.25) is 4.90 Å². The van der Waals surface area contributed by atoms with Crippen molar-refractivity contribution in [2.45, 2.75) is 6.42 Å². The molecule has 0 unspecified atom stereocenters. The van der Waals surface area contributed by atoms with Crippen LogP contribution in [0, 0.1) is 0 Å². The lowest BCUT2D eigenvalue weighted by molar-refractivity contribution is 0.255. The molecule has 1 saturated heterocycles. The molecular formula is C12H20BrN5O. The summed E-state index contributed by atoms with van der Waals surface area (Å²) in [4.78, 5) is 13.4. The predicted molar refractivity (Wildman–Crippen MR) is 78.6 cm³/mol. The second-order valence-electron chi connectivity index (χ2n) is 4.50. The van der Waals surface area contributed by atoms with Crippen molar-refractivity contribution in [1.82, 2.24) is 14.9 Å². The van der Waals surface area contributed by atoms with E-state index in [-0.39, 0.29) is 0 Å². The van der Waals surface area contributed by atoms with Gasteiger partial charge in [0.2, 0.25) is 11.8 Å². The number of piperazine rings is 1. The van der Waals surface area contributed by atoms with Crippen LogP contribution in [-0.4, -0.2) is 61.2 Å². The van der Waals surface area contributed by atoms with Gasteiger partial charge in [-0.2, -0.15) is 4.98 Å². The third-order valence-electron chi connectivity index (χ3n) is 3.23. The number of aromatic nitrogens is 2. The molecule has 19 heavy (non-hydrogen) atoms. The Morgan fingerprint density at radius 1 is 1.37 bits per heavy atom. The van der Waals surface area contributed by atoms with Crippen LogP contribution in [0.3, 0.4) is 0 Å². The summed E-state index contributed by atoms with van der Waals surface area (Å²) < 4.78 is 5.98. The molecule has 0 aliphatic carbocycles. The van der Waals surface area contributed by atoms with E-state index >= 15 is 0 Å². The summed E-state index contributed by atoms with van der Waals surface area (Å²) in [7, 11) is 1.61. The molecule has 0 aromatic carbocycles. The van der Waals surface area contributed by atoms with Gasteiger partial charge in [0, 0.05) is 26.2 Å². The second kappa shape index (κ2) is 7.02. The minimum absolute atomic E-state index is 0.579. The highest BCUT2D eigenvalue weighted by Crippen LogP contribution is 2.23. The largest absolute Gasteiger partial charge is 0.480 e. The Balaban J connectivity index is 1.94. The Hall–Kier alpha value is -0.920. The number of rotatable bonds is 5. The summed E-state index contributed by atoms with van der Waals surface area (Å²) in [5.74, 6) is 1.31. The molecule has 1 fully saturated rings. The first kappa shape index (κ1) is 14.5. The monoisotopic (exact) mass is 329 g/mol. The molecule has 0 spiro atoms. The molecule has 7 heteroatoms. The third kappa shape index (κ3) is 3.77. The Bertz CT molecular complexity index is 409. The number of hydrogen-bond donors (Lipinski definition) is 1. The number of methoxy groups -OCH3 is 1. The van der Waals surface area contributed by atoms with E-state index in [0.29, 0.717) is 5.88 Å². The van der Waals surface area contributed by atoms with E-state index in [4.69, 9.17) is 10.5 Å². The molecule has 0 bridgehead atoms. The predicted octanol–water partition coefficient (Wildman–Crippen LogP) is 0.718. The number of nitrogens with zero attached hydrogens (tertiary/aromatic N) is 4. The lowest BCUT2D eigenvalue weighted by atomic mass is 10.3. The Labute approximate surface area is 122 Å². The SMILES string of the molecule is COc1nc(N2CCN(CCCN)CC2)ncc1Br. The van der Waals surface area contributed by atoms with Crippen molar-refractivity contribution in [3.63, 3.8) is 0 Å². The van der Waals surface area contributed by atoms with Crippen molar-refractivity contribution < 1.29 is 4.74 Å². The van der Waals surface area contributed by atoms with Gasteiger partial charge in [0.15, 0.2) is 0 Å². The molecule has 2 N–H and O–H groups in total. The van der Waals surface area contributed by atoms with E-state index in [1.165, 1.54) is 0 Å². The van der Waals surface area contributed by atoms with Gasteiger partial charge in [0.1, 0.15) is 0 Å². The second-order valence-corrected chi connectivity index (χ2v) is 5.35. The van der Waals surface area contributed by atoms with Crippen molar-refractivity contribution in [3.05, 3.63) is 10.7 Å². The minimum Gasteiger partial charge on any atom is -0.480 e. The first-order valence-electron chi connectivity index (χ1n) is 6.48. The van der Waals surface area contributed by atoms with Crippen LogP contribution in [0.4, 0.5) is 5.95 Å². The van der Waals surface area contributed by atoms with Crippen molar-refractivity contribution in [3.8, 4) is 5.88 Å². The number of halogens is 1. The molecule has 1 aliphatic rings. The standard InChI is InChI=1S/C12H20BrN5O/c1-19-11-10(13)9-15-12(16-11)18-7-5-17(6-8-18)4-2-3-14/h9H,2-8,14H2,1H3. The van der Waals surface area contributed by atoms with E-state index in [1.807, 2.05) is 0 Å². The van der Waals surface area contributed by atoms with E-state index in [2.05, 4.69) is 35.7 Å². The van der Waals surface area contributed by atoms with Gasteiger partial charge < -0.3 is 15.4 Å². The Kier molecular flexibility index (Phi) is 5.35. The molecule has 0 saturated carbocycles. The van der Waals surface area contributed by atoms with Crippen LogP contribution in [0.2, 0.25) is 0 Å². The quantitative estimate of drug-likeness (QED) is 0.858. The molecule has 0 amide bonds. The van der Waals surface area contributed by atoms with Crippen LogP contribution in [0.1, 0.15) is 6.42 Å². The van der Waals surface area contributed by atoms with Gasteiger partial charge >= 0.3 is 0 Å². The summed E-state index contributed by atoms with van der Waals surface area (Å²) in [6.45, 7) is 5.77. The maximum atomic E-state index is 5.53. The van der Waals surface area contributed by atoms with Crippen LogP contribution in [0.5, 0.6) is 5.88 Å². The van der Waals surface area contributed by atoms with Crippen molar-refractivity contribution in [1.29, 1.82) is 0 Å². The van der Waals surface area contributed by atoms with Gasteiger partial charge in [-0.15, -0.1) is 0 Å². The summed E-state index contributed by atoms with van der Waals surface area (Å²) in [6, 6.07) is 0. The summed E-state index contributed by atoms with van der Waals surface area (Å²) in [5, 5.41) is 0. The van der Waals surface area contributed by atoms with Crippen LogP contribution in [-0.2, 0) is 0 Å². The molecule has 0 radical (unpaired) electrons. The van der Waals surface area contributed by atoms with E-state index in [0.717, 1.165) is 56.1 Å². The van der Waals surface area contributed by atoms with E-state index < -0.39 is 0 Å². The minimum atomic E-state index is 0.579. The van der Waals surface area contributed by atoms with Crippen LogP contribution >= 0.6 is 15.9 Å². The first-order chi connectivity index (χ1) is 9.24. The molecule has 106 valence electrons. The van der Waals surface area contributed by atoms with Crippen molar-refractivity contribution >= 4 is 21.9 Å². The molecule has 6 nitrogen and oxygen atoms in total. The fraction of sp³-hybridized carbons (Fsp3) is 0.667. The normalized spacial score (nSPS) is 16.7. The highest BCUT2D eigenvalue weighted by atomic mass is 79.9.